The second-order valence-corrected chi connectivity index (χ2v) is 4.40. The molecule has 1 amide bonds. The minimum absolute atomic E-state index is 0.135. The number of carbonyl (C=O) groups is 1. The SMILES string of the molecule is CC1CCCCN1C(=O)Cn1cc(N)cn1. The van der Waals surface area contributed by atoms with Crippen molar-refractivity contribution in [3.8, 4) is 0 Å². The molecular formula is C11H18N4O. The maximum Gasteiger partial charge on any atom is 0.244 e. The van der Waals surface area contributed by atoms with E-state index in [1.54, 1.807) is 17.1 Å². The topological polar surface area (TPSA) is 64.2 Å². The van der Waals surface area contributed by atoms with Gasteiger partial charge in [-0.1, -0.05) is 0 Å². The summed E-state index contributed by atoms with van der Waals surface area (Å²) in [5.74, 6) is 0.135. The third kappa shape index (κ3) is 2.35. The Morgan fingerprint density at radius 3 is 3.06 bits per heavy atom. The number of hydrogen-bond acceptors (Lipinski definition) is 3. The fourth-order valence-corrected chi connectivity index (χ4v) is 2.16. The van der Waals surface area contributed by atoms with Gasteiger partial charge in [-0.05, 0) is 26.2 Å². The van der Waals surface area contributed by atoms with E-state index in [1.807, 2.05) is 4.90 Å². The average molecular weight is 222 g/mol. The van der Waals surface area contributed by atoms with E-state index in [-0.39, 0.29) is 5.91 Å². The Bertz CT molecular complexity index is 374. The van der Waals surface area contributed by atoms with Gasteiger partial charge in [-0.3, -0.25) is 9.48 Å². The number of hydrogen-bond donors (Lipinski definition) is 1. The number of nitrogens with two attached hydrogens (primary N) is 1. The summed E-state index contributed by atoms with van der Waals surface area (Å²) in [6, 6.07) is 0.356. The van der Waals surface area contributed by atoms with E-state index in [9.17, 15) is 4.79 Å². The molecule has 0 radical (unpaired) electrons. The van der Waals surface area contributed by atoms with E-state index in [0.717, 1.165) is 19.4 Å². The number of nitrogens with zero attached hydrogens (tertiary/aromatic N) is 3. The lowest BCUT2D eigenvalue weighted by atomic mass is 10.0. The van der Waals surface area contributed by atoms with Crippen molar-refractivity contribution in [2.45, 2.75) is 38.8 Å². The summed E-state index contributed by atoms with van der Waals surface area (Å²) >= 11 is 0. The van der Waals surface area contributed by atoms with Crippen LogP contribution in [-0.4, -0.2) is 33.2 Å². The first-order valence-corrected chi connectivity index (χ1v) is 5.74. The molecule has 1 fully saturated rings. The van der Waals surface area contributed by atoms with E-state index >= 15 is 0 Å². The number of aromatic nitrogens is 2. The molecule has 1 unspecified atom stereocenters. The smallest absolute Gasteiger partial charge is 0.244 e. The van der Waals surface area contributed by atoms with Crippen LogP contribution in [0.4, 0.5) is 5.69 Å². The van der Waals surface area contributed by atoms with E-state index in [4.69, 9.17) is 5.73 Å². The number of amides is 1. The Balaban J connectivity index is 1.96. The zero-order chi connectivity index (χ0) is 11.5. The van der Waals surface area contributed by atoms with Crippen molar-refractivity contribution in [1.82, 2.24) is 14.7 Å². The maximum absolute atomic E-state index is 12.0. The van der Waals surface area contributed by atoms with Gasteiger partial charge in [-0.25, -0.2) is 0 Å². The average Bonchev–Trinajstić information content (AvgIpc) is 2.64. The fourth-order valence-electron chi connectivity index (χ4n) is 2.16. The van der Waals surface area contributed by atoms with Gasteiger partial charge in [-0.15, -0.1) is 0 Å². The molecule has 88 valence electrons. The molecule has 0 spiro atoms. The van der Waals surface area contributed by atoms with Gasteiger partial charge in [0, 0.05) is 18.8 Å². The first-order chi connectivity index (χ1) is 7.66. The zero-order valence-corrected chi connectivity index (χ0v) is 9.59. The van der Waals surface area contributed by atoms with Crippen molar-refractivity contribution < 1.29 is 4.79 Å². The molecule has 2 N–H and O–H groups in total. The van der Waals surface area contributed by atoms with Crippen LogP contribution in [0.5, 0.6) is 0 Å². The lowest BCUT2D eigenvalue weighted by Gasteiger charge is -2.33. The van der Waals surface area contributed by atoms with Gasteiger partial charge in [-0.2, -0.15) is 5.10 Å². The number of piperidine rings is 1. The third-order valence-electron chi connectivity index (χ3n) is 3.07. The summed E-state index contributed by atoms with van der Waals surface area (Å²) < 4.78 is 1.60. The molecule has 1 aromatic heterocycles. The largest absolute Gasteiger partial charge is 0.396 e. The highest BCUT2D eigenvalue weighted by Gasteiger charge is 2.23. The quantitative estimate of drug-likeness (QED) is 0.807. The van der Waals surface area contributed by atoms with Crippen molar-refractivity contribution in [3.05, 3.63) is 12.4 Å². The molecule has 2 heterocycles. The third-order valence-corrected chi connectivity index (χ3v) is 3.07. The number of likely N-dealkylation sites (tertiary alicyclic amines) is 1. The van der Waals surface area contributed by atoms with Gasteiger partial charge in [0.1, 0.15) is 6.54 Å². The highest BCUT2D eigenvalue weighted by molar-refractivity contribution is 5.76. The lowest BCUT2D eigenvalue weighted by molar-refractivity contribution is -0.135. The van der Waals surface area contributed by atoms with Gasteiger partial charge in [0.25, 0.3) is 0 Å². The van der Waals surface area contributed by atoms with Crippen LogP contribution >= 0.6 is 0 Å². The van der Waals surface area contributed by atoms with Crippen LogP contribution < -0.4 is 5.73 Å². The summed E-state index contributed by atoms with van der Waals surface area (Å²) in [6.07, 6.45) is 6.68. The van der Waals surface area contributed by atoms with Crippen LogP contribution in [-0.2, 0) is 11.3 Å². The number of anilines is 1. The van der Waals surface area contributed by atoms with Crippen molar-refractivity contribution in [2.75, 3.05) is 12.3 Å². The molecule has 2 rings (SSSR count). The molecule has 16 heavy (non-hydrogen) atoms. The van der Waals surface area contributed by atoms with E-state index in [0.29, 0.717) is 18.3 Å². The number of nitrogen functional groups attached to an aromatic ring is 1. The maximum atomic E-state index is 12.0. The molecule has 1 aliphatic heterocycles. The standard InChI is InChI=1S/C11H18N4O/c1-9-4-2-3-5-15(9)11(16)8-14-7-10(12)6-13-14/h6-7,9H,2-5,8,12H2,1H3. The molecule has 1 aliphatic rings. The normalized spacial score (nSPS) is 21.1. The number of carbonyl (C=O) groups excluding carboxylic acids is 1. The van der Waals surface area contributed by atoms with Gasteiger partial charge < -0.3 is 10.6 Å². The Morgan fingerprint density at radius 2 is 2.44 bits per heavy atom. The van der Waals surface area contributed by atoms with Crippen molar-refractivity contribution in [2.24, 2.45) is 0 Å². The Kier molecular flexibility index (Phi) is 3.12. The van der Waals surface area contributed by atoms with Gasteiger partial charge in [0.15, 0.2) is 0 Å². The van der Waals surface area contributed by atoms with Crippen LogP contribution in [0.2, 0.25) is 0 Å². The predicted octanol–water partition coefficient (Wildman–Crippen LogP) is 0.866. The van der Waals surface area contributed by atoms with Crippen LogP contribution in [0.3, 0.4) is 0 Å². The number of rotatable bonds is 2. The lowest BCUT2D eigenvalue weighted by Crippen LogP contribution is -2.43. The van der Waals surface area contributed by atoms with Crippen molar-refractivity contribution >= 4 is 11.6 Å². The molecule has 5 nitrogen and oxygen atoms in total. The monoisotopic (exact) mass is 222 g/mol. The van der Waals surface area contributed by atoms with E-state index in [1.165, 1.54) is 6.42 Å². The second kappa shape index (κ2) is 4.55. The molecule has 0 saturated carbocycles. The minimum atomic E-state index is 0.135. The summed E-state index contributed by atoms with van der Waals surface area (Å²) in [5.41, 5.74) is 6.15. The predicted molar refractivity (Wildman–Crippen MR) is 61.7 cm³/mol. The van der Waals surface area contributed by atoms with Crippen LogP contribution in [0.15, 0.2) is 12.4 Å². The Labute approximate surface area is 95.2 Å². The second-order valence-electron chi connectivity index (χ2n) is 4.40. The Morgan fingerprint density at radius 1 is 1.62 bits per heavy atom. The minimum Gasteiger partial charge on any atom is -0.396 e. The first-order valence-electron chi connectivity index (χ1n) is 5.74. The van der Waals surface area contributed by atoms with E-state index < -0.39 is 0 Å². The molecule has 0 aliphatic carbocycles. The zero-order valence-electron chi connectivity index (χ0n) is 9.59. The summed E-state index contributed by atoms with van der Waals surface area (Å²) in [7, 11) is 0. The van der Waals surface area contributed by atoms with Crippen LogP contribution in [0, 0.1) is 0 Å². The van der Waals surface area contributed by atoms with Crippen LogP contribution in [0.25, 0.3) is 0 Å². The summed E-state index contributed by atoms with van der Waals surface area (Å²) in [4.78, 5) is 14.0. The van der Waals surface area contributed by atoms with E-state index in [2.05, 4.69) is 12.0 Å². The van der Waals surface area contributed by atoms with Crippen LogP contribution in [0.1, 0.15) is 26.2 Å². The highest BCUT2D eigenvalue weighted by atomic mass is 16.2. The van der Waals surface area contributed by atoms with Gasteiger partial charge in [0.2, 0.25) is 5.91 Å². The van der Waals surface area contributed by atoms with Crippen molar-refractivity contribution in [3.63, 3.8) is 0 Å². The molecular weight excluding hydrogens is 204 g/mol. The summed E-state index contributed by atoms with van der Waals surface area (Å²) in [5, 5.41) is 4.02. The molecule has 1 atom stereocenters. The first kappa shape index (κ1) is 11.0. The molecule has 5 heteroatoms. The van der Waals surface area contributed by atoms with Gasteiger partial charge >= 0.3 is 0 Å². The highest BCUT2D eigenvalue weighted by Crippen LogP contribution is 2.16. The molecule has 1 saturated heterocycles. The molecule has 0 aromatic carbocycles. The molecule has 1 aromatic rings. The summed E-state index contributed by atoms with van der Waals surface area (Å²) in [6.45, 7) is 3.27. The Hall–Kier alpha value is -1.52. The van der Waals surface area contributed by atoms with Crippen molar-refractivity contribution in [1.29, 1.82) is 0 Å². The molecule has 0 bridgehead atoms. The fraction of sp³-hybridized carbons (Fsp3) is 0.636. The van der Waals surface area contributed by atoms with Gasteiger partial charge in [0.05, 0.1) is 11.9 Å².